The van der Waals surface area contributed by atoms with E-state index in [1.54, 1.807) is 19.2 Å². The molecule has 3 aromatic rings. The number of allylic oxidation sites excluding steroid dienone is 2. The summed E-state index contributed by atoms with van der Waals surface area (Å²) >= 11 is 1.42. The fraction of sp³-hybridized carbons (Fsp3) is 0.554. The number of anilines is 2. The highest BCUT2D eigenvalue weighted by Gasteiger charge is 2.48. The number of unbranched alkanes of at least 4 members (excludes halogenated alkanes) is 4. The Kier molecular flexibility index (Phi) is 21.9. The number of sulfone groups is 1. The summed E-state index contributed by atoms with van der Waals surface area (Å²) in [6, 6.07) is 17.6. The minimum atomic E-state index is -6.11. The van der Waals surface area contributed by atoms with Crippen LogP contribution in [0, 0.1) is 5.41 Å². The van der Waals surface area contributed by atoms with Crippen molar-refractivity contribution < 1.29 is 44.4 Å². The number of benzene rings is 3. The number of sulfonamides is 1. The highest BCUT2D eigenvalue weighted by atomic mass is 32.2. The summed E-state index contributed by atoms with van der Waals surface area (Å²) in [5.74, 6) is -0.655. The zero-order valence-corrected chi connectivity index (χ0v) is 47.1. The number of carbonyl (C=O) groups is 3. The van der Waals surface area contributed by atoms with Crippen LogP contribution in [0.25, 0.3) is 0 Å². The average molecular weight is 1110 g/mol. The topological polar surface area (TPSA) is 169 Å². The minimum absolute atomic E-state index is 0.000408. The number of nitrogens with one attached hydrogen (secondary N) is 3. The van der Waals surface area contributed by atoms with E-state index in [2.05, 4.69) is 52.7 Å². The Labute approximate surface area is 453 Å². The molecule has 0 spiro atoms. The van der Waals surface area contributed by atoms with Gasteiger partial charge in [0, 0.05) is 113 Å². The predicted molar refractivity (Wildman–Crippen MR) is 297 cm³/mol. The molecular formula is C56H78F3N7O7S3. The normalized spacial score (nSPS) is 17.3. The molecule has 0 saturated carbocycles. The van der Waals surface area contributed by atoms with Crippen LogP contribution < -0.4 is 20.3 Å². The number of alkyl halides is 3. The molecule has 2 fully saturated rings. The first-order chi connectivity index (χ1) is 36.1. The van der Waals surface area contributed by atoms with Crippen LogP contribution in [-0.4, -0.2) is 139 Å². The summed E-state index contributed by atoms with van der Waals surface area (Å²) in [4.78, 5) is 45.3. The van der Waals surface area contributed by atoms with Gasteiger partial charge in [-0.1, -0.05) is 76.0 Å². The van der Waals surface area contributed by atoms with Crippen LogP contribution in [0.1, 0.15) is 115 Å². The van der Waals surface area contributed by atoms with Gasteiger partial charge in [0.05, 0.1) is 10.6 Å². The molecule has 2 saturated heterocycles. The van der Waals surface area contributed by atoms with Crippen LogP contribution >= 0.6 is 11.8 Å². The van der Waals surface area contributed by atoms with Crippen LogP contribution in [0.5, 0.6) is 0 Å². The smallest absolute Gasteiger partial charge is 0.380 e. The molecule has 3 amide bonds. The monoisotopic (exact) mass is 1110 g/mol. The number of carbonyl (C=O) groups excluding carboxylic acids is 3. The molecule has 418 valence electrons. The van der Waals surface area contributed by atoms with E-state index in [1.807, 2.05) is 40.0 Å². The number of piperazine rings is 2. The van der Waals surface area contributed by atoms with Gasteiger partial charge in [-0.3, -0.25) is 24.2 Å². The first-order valence-corrected chi connectivity index (χ1v) is 30.7. The Morgan fingerprint density at radius 1 is 0.803 bits per heavy atom. The van der Waals surface area contributed by atoms with Gasteiger partial charge in [-0.25, -0.2) is 21.6 Å². The zero-order valence-electron chi connectivity index (χ0n) is 44.7. The second-order valence-corrected chi connectivity index (χ2v) is 25.7. The molecule has 1 aliphatic carbocycles. The molecule has 3 aromatic carbocycles. The summed E-state index contributed by atoms with van der Waals surface area (Å²) < 4.78 is 99.0. The van der Waals surface area contributed by atoms with Crippen LogP contribution in [0.3, 0.4) is 0 Å². The largest absolute Gasteiger partial charge is 0.501 e. The molecule has 20 heteroatoms. The maximum Gasteiger partial charge on any atom is 0.501 e. The second kappa shape index (κ2) is 27.6. The van der Waals surface area contributed by atoms with E-state index in [0.717, 1.165) is 120 Å². The number of thioether (sulfide) groups is 1. The van der Waals surface area contributed by atoms with Crippen molar-refractivity contribution in [2.45, 2.75) is 130 Å². The van der Waals surface area contributed by atoms with Crippen LogP contribution in [-0.2, 0) is 29.4 Å². The lowest BCUT2D eigenvalue weighted by molar-refractivity contribution is -0.133. The lowest BCUT2D eigenvalue weighted by atomic mass is 9.72. The van der Waals surface area contributed by atoms with Crippen molar-refractivity contribution in [2.24, 2.45) is 5.41 Å². The molecule has 0 radical (unpaired) electrons. The molecule has 2 aliphatic heterocycles. The van der Waals surface area contributed by atoms with Gasteiger partial charge in [-0.2, -0.15) is 13.2 Å². The summed E-state index contributed by atoms with van der Waals surface area (Å²) in [5, 5.41) is 5.62. The molecule has 0 aromatic heterocycles. The third-order valence-electron chi connectivity index (χ3n) is 14.7. The number of amides is 3. The number of hydrogen-bond acceptors (Lipinski definition) is 12. The van der Waals surface area contributed by atoms with Crippen molar-refractivity contribution in [1.29, 1.82) is 0 Å². The molecule has 14 nitrogen and oxygen atoms in total. The van der Waals surface area contributed by atoms with Crippen molar-refractivity contribution in [2.75, 3.05) is 88.5 Å². The molecule has 2 heterocycles. The van der Waals surface area contributed by atoms with Crippen molar-refractivity contribution in [1.82, 2.24) is 24.7 Å². The van der Waals surface area contributed by atoms with E-state index in [9.17, 15) is 44.4 Å². The average Bonchev–Trinajstić information content (AvgIpc) is 3.40. The van der Waals surface area contributed by atoms with Gasteiger partial charge in [0.25, 0.3) is 25.8 Å². The Balaban J connectivity index is 1.08. The molecule has 0 bridgehead atoms. The molecule has 3 N–H and O–H groups in total. The van der Waals surface area contributed by atoms with E-state index >= 15 is 0 Å². The van der Waals surface area contributed by atoms with Gasteiger partial charge in [0.2, 0.25) is 11.8 Å². The highest BCUT2D eigenvalue weighted by molar-refractivity contribution is 7.99. The SMILES string of the molecule is C=C(CCCC)C1=C(CN2CCN(c3ccc(C(=O)NS(=O)(=O)c4ccc(N[C@H](CCN5CCN(C(=O)CCCCCCC(=O)NC)CC5)CSc5ccccc5)c(S(=O)(=O)C(F)(F)F)c4)cc3)CC2)CCC(C)(C)C1. The molecule has 1 atom stereocenters. The molecule has 0 unspecified atom stereocenters. The number of nitrogens with zero attached hydrogens (tertiary/aromatic N) is 4. The van der Waals surface area contributed by atoms with Gasteiger partial charge >= 0.3 is 5.51 Å². The Morgan fingerprint density at radius 3 is 2.11 bits per heavy atom. The van der Waals surface area contributed by atoms with Crippen LogP contribution in [0.2, 0.25) is 0 Å². The minimum Gasteiger partial charge on any atom is -0.380 e. The van der Waals surface area contributed by atoms with Crippen molar-refractivity contribution in [3.63, 3.8) is 0 Å². The van der Waals surface area contributed by atoms with Gasteiger partial charge in [0.15, 0.2) is 0 Å². The van der Waals surface area contributed by atoms with Crippen molar-refractivity contribution >= 4 is 60.7 Å². The summed E-state index contributed by atoms with van der Waals surface area (Å²) in [5.41, 5.74) is -0.913. The molecule has 6 rings (SSSR count). The van der Waals surface area contributed by atoms with Gasteiger partial charge in [-0.15, -0.1) is 11.8 Å². The van der Waals surface area contributed by atoms with Gasteiger partial charge in [-0.05, 0) is 117 Å². The third kappa shape index (κ3) is 17.3. The van der Waals surface area contributed by atoms with Crippen molar-refractivity contribution in [3.8, 4) is 0 Å². The van der Waals surface area contributed by atoms with Crippen LogP contribution in [0.4, 0.5) is 24.5 Å². The number of hydrogen-bond donors (Lipinski definition) is 3. The summed E-state index contributed by atoms with van der Waals surface area (Å²) in [6.07, 6.45) is 11.0. The van der Waals surface area contributed by atoms with E-state index in [0.29, 0.717) is 63.8 Å². The molecule has 3 aliphatic rings. The molecular weight excluding hydrogens is 1040 g/mol. The van der Waals surface area contributed by atoms with E-state index in [4.69, 9.17) is 0 Å². The zero-order chi connectivity index (χ0) is 55.1. The van der Waals surface area contributed by atoms with Crippen LogP contribution in [0.15, 0.2) is 111 Å². The first-order valence-electron chi connectivity index (χ1n) is 26.7. The Bertz CT molecular complexity index is 2710. The maximum atomic E-state index is 14.4. The summed E-state index contributed by atoms with van der Waals surface area (Å²) in [7, 11) is -9.39. The number of rotatable bonds is 26. The number of halogens is 3. The molecule has 76 heavy (non-hydrogen) atoms. The van der Waals surface area contributed by atoms with E-state index in [-0.39, 0.29) is 22.8 Å². The predicted octanol–water partition coefficient (Wildman–Crippen LogP) is 9.67. The Hall–Kier alpha value is -4.89. The highest BCUT2D eigenvalue weighted by Crippen LogP contribution is 2.42. The van der Waals surface area contributed by atoms with Gasteiger partial charge in [0.1, 0.15) is 4.90 Å². The first kappa shape index (κ1) is 60.3. The van der Waals surface area contributed by atoms with Crippen molar-refractivity contribution in [3.05, 3.63) is 102 Å². The third-order valence-corrected chi connectivity index (χ3v) is 18.7. The maximum absolute atomic E-state index is 14.4. The van der Waals surface area contributed by atoms with Gasteiger partial charge < -0.3 is 20.4 Å². The lowest BCUT2D eigenvalue weighted by Crippen LogP contribution is -2.49. The Morgan fingerprint density at radius 2 is 1.46 bits per heavy atom. The fourth-order valence-electron chi connectivity index (χ4n) is 9.94. The summed E-state index contributed by atoms with van der Waals surface area (Å²) in [6.45, 7) is 18.1. The fourth-order valence-corrected chi connectivity index (χ4v) is 13.0. The van der Waals surface area contributed by atoms with E-state index < -0.39 is 52.8 Å². The lowest BCUT2D eigenvalue weighted by Gasteiger charge is -2.39. The standard InChI is InChI=1S/C56H78F3N7O7S3/c1-6-7-15-42(2)49-39-55(3,4)28-26-44(49)40-64-32-34-65(35-33-64)46-22-20-43(21-23-46)54(69)62-76(72,73)48-24-25-50(51(38-48)75(70,71)56(57,58)59)61-45(41-74-47-16-11-10-12-17-47)27-29-63-30-36-66(37-31-63)53(68)19-14-9-8-13-18-52(67)60-5/h10-12,16-17,20-25,38,45,61H,2,6-9,13-15,18-19,26-37,39-41H2,1,3-5H3,(H,60,67)(H,62,69)/t45-/m1/s1. The second-order valence-electron chi connectivity index (χ2n) is 21.0. The van der Waals surface area contributed by atoms with E-state index in [1.165, 1.54) is 40.6 Å². The quantitative estimate of drug-likeness (QED) is 0.0515.